The zero-order chi connectivity index (χ0) is 24.9. The summed E-state index contributed by atoms with van der Waals surface area (Å²) in [5.74, 6) is 0.655. The molecule has 0 saturated heterocycles. The molecule has 2 N–H and O–H groups in total. The van der Waals surface area contributed by atoms with Crippen LogP contribution in [0.4, 0.5) is 5.82 Å². The SMILES string of the molecule is O=C(/C=C/C1CC=CO1)NCc1ccc(CNc2cc(-c3ccccc3Cl)nc3c(Br)cnn23)cc1. The second-order valence-electron chi connectivity index (χ2n) is 8.26. The molecule has 0 fully saturated rings. The Kier molecular flexibility index (Phi) is 7.34. The summed E-state index contributed by atoms with van der Waals surface area (Å²) in [7, 11) is 0. The van der Waals surface area contributed by atoms with Crippen LogP contribution in [-0.4, -0.2) is 26.6 Å². The van der Waals surface area contributed by atoms with E-state index in [2.05, 4.69) is 31.7 Å². The number of hydrogen-bond donors (Lipinski definition) is 2. The molecule has 0 aliphatic carbocycles. The Balaban J connectivity index is 1.24. The van der Waals surface area contributed by atoms with Crippen LogP contribution in [0.1, 0.15) is 17.5 Å². The second kappa shape index (κ2) is 11.0. The molecule has 1 aliphatic rings. The van der Waals surface area contributed by atoms with Gasteiger partial charge in [-0.25, -0.2) is 4.98 Å². The molecule has 1 atom stereocenters. The molecule has 9 heteroatoms. The molecular formula is C27H23BrClN5O2. The minimum absolute atomic E-state index is 0.0484. The Labute approximate surface area is 222 Å². The quantitative estimate of drug-likeness (QED) is 0.261. The molecule has 7 nitrogen and oxygen atoms in total. The first kappa shape index (κ1) is 24.1. The van der Waals surface area contributed by atoms with Crippen molar-refractivity contribution in [3.63, 3.8) is 0 Å². The molecule has 1 aliphatic heterocycles. The van der Waals surface area contributed by atoms with Crippen LogP contribution in [0.15, 0.2) is 89.8 Å². The topological polar surface area (TPSA) is 80.5 Å². The number of hydrogen-bond acceptors (Lipinski definition) is 5. The van der Waals surface area contributed by atoms with Gasteiger partial charge in [0.05, 0.1) is 22.6 Å². The molecule has 1 amide bonds. The molecule has 1 unspecified atom stereocenters. The number of ether oxygens (including phenoxy) is 1. The number of nitrogens with zero attached hydrogens (tertiary/aromatic N) is 3. The first-order chi connectivity index (χ1) is 17.6. The van der Waals surface area contributed by atoms with E-state index in [1.54, 1.807) is 23.1 Å². The Morgan fingerprint density at radius 3 is 2.69 bits per heavy atom. The third-order valence-corrected chi connectivity index (χ3v) is 6.61. The average molecular weight is 565 g/mol. The van der Waals surface area contributed by atoms with Crippen LogP contribution >= 0.6 is 27.5 Å². The van der Waals surface area contributed by atoms with E-state index < -0.39 is 0 Å². The fourth-order valence-corrected chi connectivity index (χ4v) is 4.39. The lowest BCUT2D eigenvalue weighted by Gasteiger charge is -2.12. The van der Waals surface area contributed by atoms with Gasteiger partial charge in [-0.2, -0.15) is 9.61 Å². The Hall–Kier alpha value is -3.62. The van der Waals surface area contributed by atoms with Gasteiger partial charge in [0.1, 0.15) is 11.9 Å². The summed E-state index contributed by atoms with van der Waals surface area (Å²) in [5.41, 5.74) is 4.42. The molecule has 0 saturated carbocycles. The Morgan fingerprint density at radius 2 is 1.94 bits per heavy atom. The standard InChI is InChI=1S/C27H23BrClN5O2/c28-22-17-32-34-25(14-24(33-27(22)34)21-5-1-2-6-23(21)29)30-15-18-7-9-19(10-8-18)16-31-26(35)12-11-20-4-3-13-36-20/h1-3,5-14,17,20,30H,4,15-16H2,(H,31,35)/b12-11+. The van der Waals surface area contributed by atoms with Crippen LogP contribution in [0, 0.1) is 0 Å². The monoisotopic (exact) mass is 563 g/mol. The van der Waals surface area contributed by atoms with Gasteiger partial charge in [-0.1, -0.05) is 54.1 Å². The van der Waals surface area contributed by atoms with Gasteiger partial charge in [0.2, 0.25) is 5.91 Å². The molecule has 182 valence electrons. The molecule has 0 radical (unpaired) electrons. The lowest BCUT2D eigenvalue weighted by molar-refractivity contribution is -0.116. The van der Waals surface area contributed by atoms with E-state index in [0.29, 0.717) is 23.8 Å². The molecule has 0 bridgehead atoms. The highest BCUT2D eigenvalue weighted by molar-refractivity contribution is 9.10. The highest BCUT2D eigenvalue weighted by atomic mass is 79.9. The first-order valence-corrected chi connectivity index (χ1v) is 12.6. The average Bonchev–Trinajstić information content (AvgIpc) is 3.56. The molecular weight excluding hydrogens is 542 g/mol. The van der Waals surface area contributed by atoms with Gasteiger partial charge in [0.25, 0.3) is 0 Å². The third-order valence-electron chi connectivity index (χ3n) is 5.72. The minimum Gasteiger partial charge on any atom is -0.494 e. The summed E-state index contributed by atoms with van der Waals surface area (Å²) in [5, 5.41) is 11.4. The van der Waals surface area contributed by atoms with Crippen molar-refractivity contribution in [1.82, 2.24) is 19.9 Å². The smallest absolute Gasteiger partial charge is 0.244 e. The number of fused-ring (bicyclic) bond motifs is 1. The van der Waals surface area contributed by atoms with Gasteiger partial charge >= 0.3 is 0 Å². The van der Waals surface area contributed by atoms with E-state index >= 15 is 0 Å². The highest BCUT2D eigenvalue weighted by Crippen LogP contribution is 2.30. The number of carbonyl (C=O) groups is 1. The molecule has 3 heterocycles. The highest BCUT2D eigenvalue weighted by Gasteiger charge is 2.13. The van der Waals surface area contributed by atoms with E-state index in [4.69, 9.17) is 21.3 Å². The maximum absolute atomic E-state index is 12.1. The normalized spacial score (nSPS) is 14.9. The van der Waals surface area contributed by atoms with Gasteiger partial charge in [0.15, 0.2) is 5.65 Å². The minimum atomic E-state index is -0.141. The summed E-state index contributed by atoms with van der Waals surface area (Å²) in [6.45, 7) is 1.04. The summed E-state index contributed by atoms with van der Waals surface area (Å²) < 4.78 is 7.88. The molecule has 36 heavy (non-hydrogen) atoms. The maximum Gasteiger partial charge on any atom is 0.244 e. The van der Waals surface area contributed by atoms with Gasteiger partial charge < -0.3 is 15.4 Å². The molecule has 2 aromatic heterocycles. The maximum atomic E-state index is 12.1. The lowest BCUT2D eigenvalue weighted by Crippen LogP contribution is -2.20. The van der Waals surface area contributed by atoms with Crippen molar-refractivity contribution in [1.29, 1.82) is 0 Å². The molecule has 4 aromatic rings. The van der Waals surface area contributed by atoms with E-state index in [0.717, 1.165) is 39.1 Å². The van der Waals surface area contributed by atoms with Gasteiger partial charge in [0, 0.05) is 42.2 Å². The van der Waals surface area contributed by atoms with Crippen molar-refractivity contribution in [3.8, 4) is 11.3 Å². The van der Waals surface area contributed by atoms with Crippen LogP contribution in [0.25, 0.3) is 16.9 Å². The van der Waals surface area contributed by atoms with Crippen LogP contribution in [0.2, 0.25) is 5.02 Å². The number of aromatic nitrogens is 3. The molecule has 0 spiro atoms. The molecule has 2 aromatic carbocycles. The van der Waals surface area contributed by atoms with E-state index in [1.165, 1.54) is 6.08 Å². The van der Waals surface area contributed by atoms with Crippen LogP contribution in [0.3, 0.4) is 0 Å². The number of carbonyl (C=O) groups excluding carboxylic acids is 1. The first-order valence-electron chi connectivity index (χ1n) is 11.4. The number of benzene rings is 2. The summed E-state index contributed by atoms with van der Waals surface area (Å²) in [6.07, 6.45) is 9.36. The lowest BCUT2D eigenvalue weighted by atomic mass is 10.1. The summed E-state index contributed by atoms with van der Waals surface area (Å²) in [6, 6.07) is 17.7. The van der Waals surface area contributed by atoms with Gasteiger partial charge in [-0.05, 0) is 45.3 Å². The second-order valence-corrected chi connectivity index (χ2v) is 9.52. The van der Waals surface area contributed by atoms with Crippen LogP contribution < -0.4 is 10.6 Å². The predicted octanol–water partition coefficient (Wildman–Crippen LogP) is 5.90. The van der Waals surface area contributed by atoms with E-state index in [1.807, 2.05) is 60.7 Å². The zero-order valence-electron chi connectivity index (χ0n) is 19.2. The van der Waals surface area contributed by atoms with Crippen molar-refractivity contribution in [2.24, 2.45) is 0 Å². The number of halogens is 2. The number of amides is 1. The fraction of sp³-hybridized carbons (Fsp3) is 0.148. The van der Waals surface area contributed by atoms with Crippen LogP contribution in [-0.2, 0) is 22.6 Å². The zero-order valence-corrected chi connectivity index (χ0v) is 21.5. The van der Waals surface area contributed by atoms with Crippen molar-refractivity contribution >= 4 is 44.9 Å². The predicted molar refractivity (Wildman–Crippen MR) is 145 cm³/mol. The van der Waals surface area contributed by atoms with E-state index in [9.17, 15) is 4.79 Å². The number of nitrogens with one attached hydrogen (secondary N) is 2. The van der Waals surface area contributed by atoms with Crippen molar-refractivity contribution < 1.29 is 9.53 Å². The van der Waals surface area contributed by atoms with Crippen molar-refractivity contribution in [2.45, 2.75) is 25.6 Å². The fourth-order valence-electron chi connectivity index (χ4n) is 3.80. The largest absolute Gasteiger partial charge is 0.494 e. The van der Waals surface area contributed by atoms with Gasteiger partial charge in [-0.15, -0.1) is 0 Å². The number of anilines is 1. The summed E-state index contributed by atoms with van der Waals surface area (Å²) >= 11 is 9.96. The summed E-state index contributed by atoms with van der Waals surface area (Å²) in [4.78, 5) is 16.8. The van der Waals surface area contributed by atoms with Crippen LogP contribution in [0.5, 0.6) is 0 Å². The van der Waals surface area contributed by atoms with Crippen molar-refractivity contribution in [2.75, 3.05) is 5.32 Å². The molecule has 5 rings (SSSR count). The van der Waals surface area contributed by atoms with Gasteiger partial charge in [-0.3, -0.25) is 4.79 Å². The Bertz CT molecular complexity index is 1440. The van der Waals surface area contributed by atoms with Crippen molar-refractivity contribution in [3.05, 3.63) is 106 Å². The number of rotatable bonds is 8. The van der Waals surface area contributed by atoms with E-state index in [-0.39, 0.29) is 12.0 Å². The Morgan fingerprint density at radius 1 is 1.17 bits per heavy atom. The third kappa shape index (κ3) is 5.61.